The summed E-state index contributed by atoms with van der Waals surface area (Å²) in [7, 11) is 1.79. The summed E-state index contributed by atoms with van der Waals surface area (Å²) in [6.07, 6.45) is 16.1. The maximum atomic E-state index is 13.8. The topological polar surface area (TPSA) is 81.8 Å². The summed E-state index contributed by atoms with van der Waals surface area (Å²) in [5.74, 6) is -0.179. The van der Waals surface area contributed by atoms with Gasteiger partial charge >= 0.3 is 0 Å². The number of likely N-dealkylation sites (tertiary alicyclic amines) is 1. The van der Waals surface area contributed by atoms with Gasteiger partial charge in [0.1, 0.15) is 6.04 Å². The van der Waals surface area contributed by atoms with Gasteiger partial charge in [0.15, 0.2) is 0 Å². The molecule has 0 aromatic rings. The van der Waals surface area contributed by atoms with Crippen LogP contribution in [0.3, 0.4) is 0 Å². The molecule has 3 amide bonds. The molecule has 3 atom stereocenters. The second kappa shape index (κ2) is 20.1. The van der Waals surface area contributed by atoms with Gasteiger partial charge in [0.05, 0.1) is 12.1 Å². The monoisotopic (exact) mass is 576 g/mol. The molecule has 238 valence electrons. The third kappa shape index (κ3) is 13.3. The van der Waals surface area contributed by atoms with Crippen LogP contribution in [0.2, 0.25) is 0 Å². The maximum Gasteiger partial charge on any atom is 0.246 e. The highest BCUT2D eigenvalue weighted by Crippen LogP contribution is 2.21. The predicted octanol–water partition coefficient (Wildman–Crippen LogP) is 6.47. The van der Waals surface area contributed by atoms with E-state index in [1.54, 1.807) is 11.9 Å². The van der Waals surface area contributed by atoms with Crippen molar-refractivity contribution >= 4 is 17.7 Å². The van der Waals surface area contributed by atoms with Gasteiger partial charge in [-0.25, -0.2) is 0 Å². The number of nitrogens with zero attached hydrogens (tertiary/aromatic N) is 2. The minimum absolute atomic E-state index is 0.0532. The first-order chi connectivity index (χ1) is 19.4. The standard InChI is InChI=1S/C34H64N4O3/c1-10-11-12-13-14-15-16-17-19-22-35-32(39)28(8)24-30(25(2)3)37(9)34(41)31(26(4)5)36-33(40)29-21-18-20-23-38(29)27(6)7/h24-27,29-31H,10-23H2,1-9H3,(H,35,39)(H,36,40)/t29?,30-,31+/m1/s1. The molecule has 41 heavy (non-hydrogen) atoms. The lowest BCUT2D eigenvalue weighted by molar-refractivity contribution is -0.140. The predicted molar refractivity (Wildman–Crippen MR) is 172 cm³/mol. The van der Waals surface area contributed by atoms with E-state index in [-0.39, 0.29) is 47.7 Å². The van der Waals surface area contributed by atoms with Crippen molar-refractivity contribution in [2.45, 2.75) is 157 Å². The van der Waals surface area contributed by atoms with Crippen LogP contribution in [-0.4, -0.2) is 71.8 Å². The van der Waals surface area contributed by atoms with Crippen LogP contribution in [0.15, 0.2) is 11.6 Å². The summed E-state index contributed by atoms with van der Waals surface area (Å²) in [6.45, 7) is 18.0. The Morgan fingerprint density at radius 2 is 1.46 bits per heavy atom. The van der Waals surface area contributed by atoms with E-state index in [9.17, 15) is 14.4 Å². The van der Waals surface area contributed by atoms with Crippen LogP contribution in [0.25, 0.3) is 0 Å². The van der Waals surface area contributed by atoms with E-state index in [1.165, 1.54) is 44.9 Å². The molecule has 1 unspecified atom stereocenters. The third-order valence-corrected chi connectivity index (χ3v) is 8.56. The molecule has 0 spiro atoms. The third-order valence-electron chi connectivity index (χ3n) is 8.56. The van der Waals surface area contributed by atoms with Gasteiger partial charge in [0.2, 0.25) is 17.7 Å². The van der Waals surface area contributed by atoms with Crippen LogP contribution < -0.4 is 10.6 Å². The van der Waals surface area contributed by atoms with Crippen molar-refractivity contribution in [3.05, 3.63) is 11.6 Å². The molecular weight excluding hydrogens is 512 g/mol. The quantitative estimate of drug-likeness (QED) is 0.136. The summed E-state index contributed by atoms with van der Waals surface area (Å²) >= 11 is 0. The van der Waals surface area contributed by atoms with Crippen molar-refractivity contribution in [1.82, 2.24) is 20.4 Å². The fourth-order valence-corrected chi connectivity index (χ4v) is 5.84. The highest BCUT2D eigenvalue weighted by molar-refractivity contribution is 5.93. The zero-order valence-electron chi connectivity index (χ0n) is 28.1. The highest BCUT2D eigenvalue weighted by atomic mass is 16.2. The summed E-state index contributed by atoms with van der Waals surface area (Å²) < 4.78 is 0. The first-order valence-corrected chi connectivity index (χ1v) is 16.7. The van der Waals surface area contributed by atoms with Crippen molar-refractivity contribution < 1.29 is 14.4 Å². The van der Waals surface area contributed by atoms with Gasteiger partial charge in [0, 0.05) is 25.2 Å². The minimum atomic E-state index is -0.612. The van der Waals surface area contributed by atoms with Gasteiger partial charge in [-0.3, -0.25) is 19.3 Å². The van der Waals surface area contributed by atoms with Crippen LogP contribution in [0.1, 0.15) is 132 Å². The number of hydrogen-bond donors (Lipinski definition) is 2. The largest absolute Gasteiger partial charge is 0.352 e. The van der Waals surface area contributed by atoms with Gasteiger partial charge < -0.3 is 15.5 Å². The minimum Gasteiger partial charge on any atom is -0.352 e. The Bertz CT molecular complexity index is 808. The number of piperidine rings is 1. The van der Waals surface area contributed by atoms with Gasteiger partial charge in [0.25, 0.3) is 0 Å². The Morgan fingerprint density at radius 1 is 0.878 bits per heavy atom. The van der Waals surface area contributed by atoms with Gasteiger partial charge in [-0.2, -0.15) is 0 Å². The van der Waals surface area contributed by atoms with E-state index >= 15 is 0 Å². The average molecular weight is 577 g/mol. The molecule has 0 aromatic heterocycles. The maximum absolute atomic E-state index is 13.8. The van der Waals surface area contributed by atoms with Crippen molar-refractivity contribution in [1.29, 1.82) is 0 Å². The molecule has 1 aliphatic heterocycles. The lowest BCUT2D eigenvalue weighted by Gasteiger charge is -2.39. The van der Waals surface area contributed by atoms with Crippen molar-refractivity contribution in [3.8, 4) is 0 Å². The number of rotatable bonds is 19. The van der Waals surface area contributed by atoms with Crippen LogP contribution in [0.5, 0.6) is 0 Å². The van der Waals surface area contributed by atoms with Gasteiger partial charge in [-0.15, -0.1) is 0 Å². The summed E-state index contributed by atoms with van der Waals surface area (Å²) in [6, 6.07) is -0.771. The number of nitrogens with one attached hydrogen (secondary N) is 2. The molecule has 1 fully saturated rings. The number of hydrogen-bond acceptors (Lipinski definition) is 4. The van der Waals surface area contributed by atoms with E-state index in [0.29, 0.717) is 12.1 Å². The molecule has 1 saturated heterocycles. The molecule has 0 saturated carbocycles. The normalized spacial score (nSPS) is 18.0. The first kappa shape index (κ1) is 37.1. The molecule has 0 bridgehead atoms. The molecule has 7 heteroatoms. The number of amides is 3. The summed E-state index contributed by atoms with van der Waals surface area (Å²) in [4.78, 5) is 43.9. The molecule has 7 nitrogen and oxygen atoms in total. The second-order valence-corrected chi connectivity index (χ2v) is 13.2. The van der Waals surface area contributed by atoms with Gasteiger partial charge in [-0.1, -0.05) is 98.5 Å². The molecule has 0 aliphatic carbocycles. The molecule has 1 heterocycles. The molecule has 0 radical (unpaired) electrons. The average Bonchev–Trinajstić information content (AvgIpc) is 2.93. The lowest BCUT2D eigenvalue weighted by atomic mass is 9.95. The Morgan fingerprint density at radius 3 is 2.00 bits per heavy atom. The fraction of sp³-hybridized carbons (Fsp3) is 0.853. The molecule has 1 rings (SSSR count). The van der Waals surface area contributed by atoms with E-state index < -0.39 is 6.04 Å². The Labute approximate surface area is 252 Å². The van der Waals surface area contributed by atoms with E-state index in [2.05, 4.69) is 50.2 Å². The lowest BCUT2D eigenvalue weighted by Crippen LogP contribution is -2.58. The Hall–Kier alpha value is -1.89. The smallest absolute Gasteiger partial charge is 0.246 e. The van der Waals surface area contributed by atoms with Gasteiger partial charge in [-0.05, 0) is 58.4 Å². The van der Waals surface area contributed by atoms with E-state index in [1.807, 2.05) is 26.8 Å². The molecule has 2 N–H and O–H groups in total. The van der Waals surface area contributed by atoms with Crippen LogP contribution in [-0.2, 0) is 14.4 Å². The highest BCUT2D eigenvalue weighted by Gasteiger charge is 2.36. The zero-order valence-corrected chi connectivity index (χ0v) is 28.1. The Kier molecular flexibility index (Phi) is 18.2. The summed E-state index contributed by atoms with van der Waals surface area (Å²) in [5, 5.41) is 6.17. The molecule has 1 aliphatic rings. The van der Waals surface area contributed by atoms with E-state index in [4.69, 9.17) is 0 Å². The number of carbonyl (C=O) groups excluding carboxylic acids is 3. The number of likely N-dealkylation sites (N-methyl/N-ethyl adjacent to an activating group) is 1. The van der Waals surface area contributed by atoms with Crippen LogP contribution in [0, 0.1) is 11.8 Å². The van der Waals surface area contributed by atoms with Crippen LogP contribution in [0.4, 0.5) is 0 Å². The molecule has 0 aromatic carbocycles. The van der Waals surface area contributed by atoms with Crippen molar-refractivity contribution in [2.24, 2.45) is 11.8 Å². The van der Waals surface area contributed by atoms with E-state index in [0.717, 1.165) is 38.6 Å². The second-order valence-electron chi connectivity index (χ2n) is 13.2. The summed E-state index contributed by atoms with van der Waals surface area (Å²) in [5.41, 5.74) is 0.624. The molecular formula is C34H64N4O3. The van der Waals surface area contributed by atoms with Crippen LogP contribution >= 0.6 is 0 Å². The van der Waals surface area contributed by atoms with Crippen molar-refractivity contribution in [2.75, 3.05) is 20.1 Å². The fourth-order valence-electron chi connectivity index (χ4n) is 5.84. The van der Waals surface area contributed by atoms with Crippen molar-refractivity contribution in [3.63, 3.8) is 0 Å². The number of carbonyl (C=O) groups is 3. The SMILES string of the molecule is CCCCCCCCCCCNC(=O)C(C)=C[C@H](C(C)C)N(C)C(=O)[C@@H](NC(=O)C1CCCCN1C(C)C)C(C)C. The zero-order chi connectivity index (χ0) is 30.9. The first-order valence-electron chi connectivity index (χ1n) is 16.7. The Balaban J connectivity index is 2.72. The number of unbranched alkanes of at least 4 members (excludes halogenated alkanes) is 8.